The maximum absolute atomic E-state index is 15.0. The van der Waals surface area contributed by atoms with E-state index < -0.39 is 111 Å². The van der Waals surface area contributed by atoms with E-state index in [9.17, 15) is 75.4 Å². The molecule has 386 valence electrons. The lowest BCUT2D eigenvalue weighted by Crippen LogP contribution is -2.74. The van der Waals surface area contributed by atoms with Crippen molar-refractivity contribution < 1.29 is 108 Å². The zero-order chi connectivity index (χ0) is 52.4. The summed E-state index contributed by atoms with van der Waals surface area (Å²) in [7, 11) is -2.56. The van der Waals surface area contributed by atoms with Crippen molar-refractivity contribution in [3.8, 4) is 11.5 Å². The average Bonchev–Trinajstić information content (AvgIpc) is 3.24. The second-order valence-electron chi connectivity index (χ2n) is 15.7. The molecule has 26 heteroatoms. The van der Waals surface area contributed by atoms with E-state index in [-0.39, 0.29) is 18.8 Å². The van der Waals surface area contributed by atoms with E-state index in [2.05, 4.69) is 11.9 Å². The smallest absolute Gasteiger partial charge is 0.460 e. The van der Waals surface area contributed by atoms with E-state index in [0.717, 1.165) is 0 Å². The van der Waals surface area contributed by atoms with Gasteiger partial charge in [-0.05, 0) is 78.4 Å². The van der Waals surface area contributed by atoms with E-state index in [1.54, 1.807) is 30.3 Å². The molecule has 1 amide bonds. The molecule has 0 radical (unpaired) electrons. The Kier molecular flexibility index (Phi) is 19.9. The fourth-order valence-electron chi connectivity index (χ4n) is 6.56. The van der Waals surface area contributed by atoms with Crippen LogP contribution < -0.4 is 14.8 Å². The van der Waals surface area contributed by atoms with Gasteiger partial charge in [0.1, 0.15) is 30.8 Å². The first kappa shape index (κ1) is 59.4. The van der Waals surface area contributed by atoms with Crippen molar-refractivity contribution in [1.82, 2.24) is 0 Å². The van der Waals surface area contributed by atoms with Gasteiger partial charge in [-0.25, -0.2) is 9.59 Å². The third-order valence-electron chi connectivity index (χ3n) is 10.6. The number of hydrogen-bond donors (Lipinski definition) is 1. The molecule has 1 atom stereocenters. The second kappa shape index (κ2) is 22.8. The number of unbranched alkanes of at least 4 members (excludes halogenated alkanes) is 1. The van der Waals surface area contributed by atoms with Crippen molar-refractivity contribution in [3.05, 3.63) is 78.9 Å². The minimum atomic E-state index is -8.70. The van der Waals surface area contributed by atoms with Crippen LogP contribution in [0.2, 0.25) is 17.1 Å². The van der Waals surface area contributed by atoms with Gasteiger partial charge in [-0.2, -0.15) is 74.6 Å². The quantitative estimate of drug-likeness (QED) is 0.0238. The third-order valence-corrected chi connectivity index (χ3v) is 16.2. The van der Waals surface area contributed by atoms with Crippen molar-refractivity contribution in [1.29, 1.82) is 0 Å². The molecule has 2 rings (SSSR count). The molecule has 0 fully saturated rings. The predicted octanol–water partition coefficient (Wildman–Crippen LogP) is 14.0. The molecular formula is C42H48F17NO7Si. The molecule has 0 spiro atoms. The SMILES string of the molecule is C=CCOC(=O)/C=C/CCC[C@H](OC(=O)Nc1ccc(OC)cc1)c1ccc(OCCO[Si](CCC(F)(F)C(F)(F)C(F)(F)C(F)(F)C(F)(F)C(F)(F)C(F)(F)C(F)(F)F)(C(C)C)C(C)C)cc1. The Bertz CT molecular complexity index is 1970. The number of esters is 1. The van der Waals surface area contributed by atoms with Gasteiger partial charge in [-0.1, -0.05) is 58.6 Å². The molecule has 0 aromatic heterocycles. The summed E-state index contributed by atoms with van der Waals surface area (Å²) in [6.45, 7) is 7.78. The van der Waals surface area contributed by atoms with E-state index in [0.29, 0.717) is 29.8 Å². The highest BCUT2D eigenvalue weighted by atomic mass is 28.4. The van der Waals surface area contributed by atoms with Crippen LogP contribution in [0.5, 0.6) is 11.5 Å². The van der Waals surface area contributed by atoms with Crippen molar-refractivity contribution in [2.75, 3.05) is 32.2 Å². The predicted molar refractivity (Wildman–Crippen MR) is 214 cm³/mol. The Labute approximate surface area is 380 Å². The molecule has 8 nitrogen and oxygen atoms in total. The largest absolute Gasteiger partial charge is 0.497 e. The zero-order valence-electron chi connectivity index (χ0n) is 36.7. The lowest BCUT2D eigenvalue weighted by molar-refractivity contribution is -0.461. The van der Waals surface area contributed by atoms with Crippen LogP contribution >= 0.6 is 0 Å². The summed E-state index contributed by atoms with van der Waals surface area (Å²) in [4.78, 5) is 24.6. The fourth-order valence-corrected chi connectivity index (χ4v) is 11.0. The molecule has 0 heterocycles. The van der Waals surface area contributed by atoms with E-state index in [1.807, 2.05) is 0 Å². The monoisotopic (exact) mass is 1030 g/mol. The highest BCUT2D eigenvalue weighted by Crippen LogP contribution is 2.64. The number of benzene rings is 2. The van der Waals surface area contributed by atoms with Gasteiger partial charge >= 0.3 is 59.7 Å². The van der Waals surface area contributed by atoms with Gasteiger partial charge in [-0.3, -0.25) is 5.32 Å². The summed E-state index contributed by atoms with van der Waals surface area (Å²) >= 11 is 0. The van der Waals surface area contributed by atoms with Gasteiger partial charge in [-0.15, -0.1) is 0 Å². The maximum Gasteiger partial charge on any atom is 0.460 e. The zero-order valence-corrected chi connectivity index (χ0v) is 37.7. The summed E-state index contributed by atoms with van der Waals surface area (Å²) in [5, 5.41) is 2.58. The summed E-state index contributed by atoms with van der Waals surface area (Å²) in [5.74, 6) is -56.8. The number of rotatable bonds is 27. The molecule has 2 aromatic rings. The van der Waals surface area contributed by atoms with Crippen LogP contribution in [0.25, 0.3) is 0 Å². The van der Waals surface area contributed by atoms with Crippen molar-refractivity contribution >= 4 is 26.1 Å². The van der Waals surface area contributed by atoms with Crippen LogP contribution in [0.4, 0.5) is 85.1 Å². The highest BCUT2D eigenvalue weighted by molar-refractivity contribution is 6.76. The lowest BCUT2D eigenvalue weighted by Gasteiger charge is -2.44. The van der Waals surface area contributed by atoms with Crippen LogP contribution in [0.15, 0.2) is 73.3 Å². The topological polar surface area (TPSA) is 92.3 Å². The molecule has 0 aliphatic carbocycles. The molecule has 0 unspecified atom stereocenters. The first-order chi connectivity index (χ1) is 31.0. The Morgan fingerprint density at radius 2 is 1.19 bits per heavy atom. The summed E-state index contributed by atoms with van der Waals surface area (Å²) < 4.78 is 263. The number of hydrogen-bond acceptors (Lipinski definition) is 7. The number of nitrogens with one attached hydrogen (secondary N) is 1. The summed E-state index contributed by atoms with van der Waals surface area (Å²) in [6, 6.07) is 10.8. The minimum Gasteiger partial charge on any atom is -0.497 e. The number of amides is 1. The summed E-state index contributed by atoms with van der Waals surface area (Å²) in [6.07, 6.45) is -6.96. The minimum absolute atomic E-state index is 0.00592. The van der Waals surface area contributed by atoms with Crippen LogP contribution in [0, 0.1) is 0 Å². The molecule has 68 heavy (non-hydrogen) atoms. The van der Waals surface area contributed by atoms with E-state index in [4.69, 9.17) is 23.4 Å². The number of alkyl halides is 17. The molecule has 0 aliphatic heterocycles. The van der Waals surface area contributed by atoms with Crippen LogP contribution in [0.3, 0.4) is 0 Å². The first-order valence-corrected chi connectivity index (χ1v) is 22.5. The fraction of sp³-hybridized carbons (Fsp3) is 0.571. The van der Waals surface area contributed by atoms with Gasteiger partial charge in [0.15, 0.2) is 8.32 Å². The number of methoxy groups -OCH3 is 1. The van der Waals surface area contributed by atoms with Crippen LogP contribution in [0.1, 0.15) is 65.0 Å². The molecule has 2 aromatic carbocycles. The standard InChI is InChI=1S/C42H48F17NO7Si/c1-7-22-65-33(61)12-10-8-9-11-32(67-34(62)60-29-15-19-30(63-6)20-16-29)28-13-17-31(18-14-28)64-23-24-66-68(26(2)3,27(4)5)25-21-35(43,44)36(45,46)37(47,48)38(49,50)39(51,52)40(53,54)41(55,56)42(57,58)59/h7,10,12-20,26-27,32H,1,8-9,11,21-25H2,2-6H3,(H,60,62)/b12-10+/t32-/m0/s1. The van der Waals surface area contributed by atoms with Crippen molar-refractivity contribution in [3.63, 3.8) is 0 Å². The molecule has 0 saturated heterocycles. The number of anilines is 1. The molecular weight excluding hydrogens is 982 g/mol. The Hall–Kier alpha value is -4.75. The third kappa shape index (κ3) is 12.9. The number of carbonyl (C=O) groups excluding carboxylic acids is 2. The van der Waals surface area contributed by atoms with Crippen LogP contribution in [-0.2, 0) is 18.7 Å². The Morgan fingerprint density at radius 1 is 0.691 bits per heavy atom. The van der Waals surface area contributed by atoms with Gasteiger partial charge < -0.3 is 23.4 Å². The molecule has 0 aliphatic rings. The van der Waals surface area contributed by atoms with Crippen LogP contribution in [-0.4, -0.2) is 94.9 Å². The molecule has 0 bridgehead atoms. The number of halogens is 17. The maximum atomic E-state index is 15.0. The lowest BCUT2D eigenvalue weighted by atomic mass is 9.88. The number of carbonyl (C=O) groups is 2. The van der Waals surface area contributed by atoms with E-state index in [1.165, 1.54) is 71.2 Å². The normalized spacial score (nSPS) is 14.3. The van der Waals surface area contributed by atoms with Gasteiger partial charge in [0.05, 0.1) is 13.7 Å². The molecule has 0 saturated carbocycles. The second-order valence-corrected chi connectivity index (χ2v) is 20.7. The van der Waals surface area contributed by atoms with Crippen molar-refractivity contribution in [2.45, 2.75) is 124 Å². The van der Waals surface area contributed by atoms with Gasteiger partial charge in [0.25, 0.3) is 0 Å². The Morgan fingerprint density at radius 3 is 1.68 bits per heavy atom. The first-order valence-electron chi connectivity index (χ1n) is 20.2. The van der Waals surface area contributed by atoms with E-state index >= 15 is 8.78 Å². The number of allylic oxidation sites excluding steroid dienone is 1. The number of ether oxygens (including phenoxy) is 4. The van der Waals surface area contributed by atoms with Crippen molar-refractivity contribution in [2.24, 2.45) is 0 Å². The van der Waals surface area contributed by atoms with Gasteiger partial charge in [0, 0.05) is 18.2 Å². The summed E-state index contributed by atoms with van der Waals surface area (Å²) in [5.41, 5.74) is -0.949. The Balaban J connectivity index is 2.25. The average molecular weight is 1030 g/mol. The van der Waals surface area contributed by atoms with Gasteiger partial charge in [0.2, 0.25) is 0 Å². The molecule has 1 N–H and O–H groups in total. The highest BCUT2D eigenvalue weighted by Gasteiger charge is 2.95.